The van der Waals surface area contributed by atoms with E-state index in [1.807, 2.05) is 24.3 Å². The third kappa shape index (κ3) is 6.97. The van der Waals surface area contributed by atoms with Crippen LogP contribution < -0.4 is 4.72 Å². The van der Waals surface area contributed by atoms with Crippen LogP contribution in [0.15, 0.2) is 78.0 Å². The summed E-state index contributed by atoms with van der Waals surface area (Å²) >= 11 is 0. The molecule has 1 amide bonds. The quantitative estimate of drug-likeness (QED) is 0.529. The summed E-state index contributed by atoms with van der Waals surface area (Å²) in [6.45, 7) is 8.29. The largest absolute Gasteiger partial charge is 0.330 e. The van der Waals surface area contributed by atoms with Crippen LogP contribution in [0.2, 0.25) is 0 Å². The highest BCUT2D eigenvalue weighted by molar-refractivity contribution is 7.89. The van der Waals surface area contributed by atoms with Crippen molar-refractivity contribution in [3.8, 4) is 0 Å². The molecule has 0 aliphatic rings. The van der Waals surface area contributed by atoms with Crippen LogP contribution >= 0.6 is 0 Å². The van der Waals surface area contributed by atoms with Crippen molar-refractivity contribution >= 4 is 15.9 Å². The van der Waals surface area contributed by atoms with Gasteiger partial charge < -0.3 is 4.90 Å². The third-order valence-corrected chi connectivity index (χ3v) is 6.81. The molecule has 0 unspecified atom stereocenters. The first-order valence-electron chi connectivity index (χ1n) is 11.0. The molecule has 0 aliphatic carbocycles. The van der Waals surface area contributed by atoms with Gasteiger partial charge >= 0.3 is 0 Å². The number of benzene rings is 2. The van der Waals surface area contributed by atoms with Gasteiger partial charge in [-0.2, -0.15) is 0 Å². The van der Waals surface area contributed by atoms with Crippen molar-refractivity contribution in [2.24, 2.45) is 0 Å². The van der Waals surface area contributed by atoms with E-state index in [0.717, 1.165) is 17.5 Å². The Morgan fingerprint density at radius 1 is 0.909 bits per heavy atom. The number of aryl methyl sites for hydroxylation is 1. The predicted octanol–water partition coefficient (Wildman–Crippen LogP) is 4.56. The number of carbonyl (C=O) groups is 1. The summed E-state index contributed by atoms with van der Waals surface area (Å²) in [6, 6.07) is 18.1. The van der Waals surface area contributed by atoms with Gasteiger partial charge in [0.15, 0.2) is 0 Å². The minimum atomic E-state index is -3.67. The van der Waals surface area contributed by atoms with Gasteiger partial charge in [0.05, 0.1) is 4.90 Å². The fourth-order valence-electron chi connectivity index (χ4n) is 3.43. The van der Waals surface area contributed by atoms with Crippen molar-refractivity contribution in [3.05, 3.63) is 95.3 Å². The van der Waals surface area contributed by atoms with Crippen molar-refractivity contribution in [2.45, 2.75) is 57.6 Å². The van der Waals surface area contributed by atoms with Crippen molar-refractivity contribution < 1.29 is 13.2 Å². The Bertz CT molecular complexity index is 1170. The van der Waals surface area contributed by atoms with Crippen LogP contribution in [0.1, 0.15) is 54.7 Å². The van der Waals surface area contributed by atoms with Gasteiger partial charge in [0.2, 0.25) is 10.0 Å². The maximum absolute atomic E-state index is 13.4. The number of rotatable bonds is 8. The molecule has 3 aromatic rings. The van der Waals surface area contributed by atoms with Gasteiger partial charge in [0.25, 0.3) is 5.91 Å². The second kappa shape index (κ2) is 10.3. The molecule has 0 bridgehead atoms. The van der Waals surface area contributed by atoms with E-state index >= 15 is 0 Å². The average molecular weight is 466 g/mol. The Morgan fingerprint density at radius 3 is 2.06 bits per heavy atom. The monoisotopic (exact) mass is 465 g/mol. The van der Waals surface area contributed by atoms with Crippen LogP contribution in [-0.2, 0) is 29.5 Å². The maximum Gasteiger partial charge on any atom is 0.254 e. The van der Waals surface area contributed by atoms with Crippen molar-refractivity contribution in [1.29, 1.82) is 0 Å². The summed E-state index contributed by atoms with van der Waals surface area (Å²) in [7, 11) is -3.67. The number of nitrogens with zero attached hydrogens (tertiary/aromatic N) is 2. The zero-order chi connectivity index (χ0) is 24.1. The number of amides is 1. The van der Waals surface area contributed by atoms with E-state index in [1.165, 1.54) is 17.7 Å². The number of nitrogens with one attached hydrogen (secondary N) is 1. The molecule has 6 nitrogen and oxygen atoms in total. The molecule has 0 radical (unpaired) electrons. The average Bonchev–Trinajstić information content (AvgIpc) is 2.78. The second-order valence-corrected chi connectivity index (χ2v) is 10.8. The van der Waals surface area contributed by atoms with E-state index in [1.54, 1.807) is 50.2 Å². The maximum atomic E-state index is 13.4. The minimum absolute atomic E-state index is 0.128. The molecular weight excluding hydrogens is 434 g/mol. The number of sulfonamides is 1. The molecule has 0 atom stereocenters. The van der Waals surface area contributed by atoms with E-state index in [2.05, 4.69) is 28.8 Å². The number of hydrogen-bond donors (Lipinski definition) is 1. The molecule has 0 aliphatic heterocycles. The first-order chi connectivity index (χ1) is 15.6. The molecule has 1 N–H and O–H groups in total. The topological polar surface area (TPSA) is 79.4 Å². The molecule has 33 heavy (non-hydrogen) atoms. The summed E-state index contributed by atoms with van der Waals surface area (Å²) in [4.78, 5) is 19.4. The normalized spacial score (nSPS) is 11.9. The summed E-state index contributed by atoms with van der Waals surface area (Å²) in [5.74, 6) is -0.175. The van der Waals surface area contributed by atoms with Crippen LogP contribution in [0.5, 0.6) is 0 Å². The van der Waals surface area contributed by atoms with Gasteiger partial charge in [-0.1, -0.05) is 37.3 Å². The standard InChI is InChI=1S/C26H31N3O3S/c1-5-20-8-10-21(11-9-20)18-29(19-22-7-6-16-27-17-22)25(30)23-12-14-24(15-13-23)33(31,32)28-26(2,3)4/h6-17,28H,5,18-19H2,1-4H3. The Morgan fingerprint density at radius 2 is 1.52 bits per heavy atom. The fraction of sp³-hybridized carbons (Fsp3) is 0.308. The molecule has 0 fully saturated rings. The highest BCUT2D eigenvalue weighted by Crippen LogP contribution is 2.18. The Balaban J connectivity index is 1.85. The van der Waals surface area contributed by atoms with E-state index in [-0.39, 0.29) is 10.8 Å². The van der Waals surface area contributed by atoms with Crippen LogP contribution in [-0.4, -0.2) is 29.7 Å². The van der Waals surface area contributed by atoms with E-state index in [9.17, 15) is 13.2 Å². The number of aromatic nitrogens is 1. The van der Waals surface area contributed by atoms with Crippen LogP contribution in [0.3, 0.4) is 0 Å². The number of carbonyl (C=O) groups excluding carboxylic acids is 1. The van der Waals surface area contributed by atoms with Crippen molar-refractivity contribution in [2.75, 3.05) is 0 Å². The molecule has 174 valence electrons. The first kappa shape index (κ1) is 24.6. The summed E-state index contributed by atoms with van der Waals surface area (Å²) < 4.78 is 27.8. The van der Waals surface area contributed by atoms with Crippen molar-refractivity contribution in [3.63, 3.8) is 0 Å². The Hall–Kier alpha value is -3.03. The van der Waals surface area contributed by atoms with Crippen molar-refractivity contribution in [1.82, 2.24) is 14.6 Å². The smallest absolute Gasteiger partial charge is 0.254 e. The lowest BCUT2D eigenvalue weighted by Gasteiger charge is -2.24. The highest BCUT2D eigenvalue weighted by atomic mass is 32.2. The molecular formula is C26H31N3O3S. The zero-order valence-corrected chi connectivity index (χ0v) is 20.4. The fourth-order valence-corrected chi connectivity index (χ4v) is 4.85. The lowest BCUT2D eigenvalue weighted by molar-refractivity contribution is 0.0729. The molecule has 1 aromatic heterocycles. The SMILES string of the molecule is CCc1ccc(CN(Cc2cccnc2)C(=O)c2ccc(S(=O)(=O)NC(C)(C)C)cc2)cc1. The molecule has 3 rings (SSSR count). The Labute approximate surface area is 196 Å². The third-order valence-electron chi connectivity index (χ3n) is 5.04. The van der Waals surface area contributed by atoms with Crippen LogP contribution in [0, 0.1) is 0 Å². The molecule has 0 saturated heterocycles. The van der Waals surface area contributed by atoms with Gasteiger partial charge in [-0.15, -0.1) is 0 Å². The minimum Gasteiger partial charge on any atom is -0.330 e. The van der Waals surface area contributed by atoms with Crippen LogP contribution in [0.25, 0.3) is 0 Å². The zero-order valence-electron chi connectivity index (χ0n) is 19.6. The van der Waals surface area contributed by atoms with E-state index < -0.39 is 15.6 Å². The van der Waals surface area contributed by atoms with Gasteiger partial charge in [-0.3, -0.25) is 9.78 Å². The first-order valence-corrected chi connectivity index (χ1v) is 12.5. The van der Waals surface area contributed by atoms with Gasteiger partial charge in [0, 0.05) is 36.6 Å². The van der Waals surface area contributed by atoms with Gasteiger partial charge in [0.1, 0.15) is 0 Å². The lowest BCUT2D eigenvalue weighted by Crippen LogP contribution is -2.40. The van der Waals surface area contributed by atoms with E-state index in [4.69, 9.17) is 0 Å². The highest BCUT2D eigenvalue weighted by Gasteiger charge is 2.23. The number of pyridine rings is 1. The molecule has 2 aromatic carbocycles. The molecule has 1 heterocycles. The molecule has 7 heteroatoms. The predicted molar refractivity (Wildman–Crippen MR) is 130 cm³/mol. The summed E-state index contributed by atoms with van der Waals surface area (Å²) in [6.07, 6.45) is 4.40. The second-order valence-electron chi connectivity index (χ2n) is 9.07. The molecule has 0 saturated carbocycles. The lowest BCUT2D eigenvalue weighted by atomic mass is 10.1. The van der Waals surface area contributed by atoms with E-state index in [0.29, 0.717) is 18.7 Å². The molecule has 0 spiro atoms. The summed E-state index contributed by atoms with van der Waals surface area (Å²) in [5.41, 5.74) is 3.02. The number of hydrogen-bond acceptors (Lipinski definition) is 4. The van der Waals surface area contributed by atoms with Gasteiger partial charge in [-0.05, 0) is 74.2 Å². The Kier molecular flexibility index (Phi) is 7.66. The van der Waals surface area contributed by atoms with Gasteiger partial charge in [-0.25, -0.2) is 13.1 Å². The van der Waals surface area contributed by atoms with Crippen LogP contribution in [0.4, 0.5) is 0 Å². The summed E-state index contributed by atoms with van der Waals surface area (Å²) in [5, 5.41) is 0.